The van der Waals surface area contributed by atoms with Crippen LogP contribution in [-0.2, 0) is 9.53 Å². The van der Waals surface area contributed by atoms with Crippen molar-refractivity contribution in [3.8, 4) is 5.75 Å². The van der Waals surface area contributed by atoms with E-state index in [4.69, 9.17) is 21.1 Å². The highest BCUT2D eigenvalue weighted by molar-refractivity contribution is 6.30. The number of hydrogen-bond donors (Lipinski definition) is 2. The van der Waals surface area contributed by atoms with E-state index in [2.05, 4.69) is 10.6 Å². The zero-order valence-electron chi connectivity index (χ0n) is 14.9. The van der Waals surface area contributed by atoms with Gasteiger partial charge in [0.15, 0.2) is 0 Å². The van der Waals surface area contributed by atoms with Gasteiger partial charge < -0.3 is 20.1 Å². The number of benzene rings is 2. The summed E-state index contributed by atoms with van der Waals surface area (Å²) in [6.45, 7) is 1.93. The van der Waals surface area contributed by atoms with Gasteiger partial charge >= 0.3 is 12.0 Å². The molecule has 1 aliphatic heterocycles. The molecule has 0 aromatic heterocycles. The van der Waals surface area contributed by atoms with Crippen LogP contribution in [-0.4, -0.2) is 25.7 Å². The highest BCUT2D eigenvalue weighted by Crippen LogP contribution is 2.37. The van der Waals surface area contributed by atoms with Crippen molar-refractivity contribution in [2.75, 3.05) is 13.7 Å². The first kappa shape index (κ1) is 18.8. The van der Waals surface area contributed by atoms with Gasteiger partial charge in [-0.1, -0.05) is 41.9 Å². The van der Waals surface area contributed by atoms with Crippen LogP contribution in [0.5, 0.6) is 5.75 Å². The molecular formula is C20H19ClN2O4. The average molecular weight is 387 g/mol. The van der Waals surface area contributed by atoms with E-state index in [1.165, 1.54) is 7.11 Å². The predicted octanol–water partition coefficient (Wildman–Crippen LogP) is 3.68. The molecule has 27 heavy (non-hydrogen) atoms. The Labute approximate surface area is 162 Å². The number of esters is 1. The molecular weight excluding hydrogens is 368 g/mol. The summed E-state index contributed by atoms with van der Waals surface area (Å²) in [5.74, 6) is -0.0308. The highest BCUT2D eigenvalue weighted by atomic mass is 35.5. The van der Waals surface area contributed by atoms with Crippen LogP contribution in [0.25, 0.3) is 5.70 Å². The Morgan fingerprint density at radius 3 is 2.59 bits per heavy atom. The number of carbonyl (C=O) groups excluding carboxylic acids is 2. The third-order valence-corrected chi connectivity index (χ3v) is 4.37. The third kappa shape index (κ3) is 3.90. The molecule has 1 unspecified atom stereocenters. The minimum Gasteiger partial charge on any atom is -0.496 e. The van der Waals surface area contributed by atoms with Crippen LogP contribution in [0.2, 0.25) is 5.02 Å². The lowest BCUT2D eigenvalue weighted by molar-refractivity contribution is -0.138. The van der Waals surface area contributed by atoms with Gasteiger partial charge in [-0.2, -0.15) is 0 Å². The van der Waals surface area contributed by atoms with E-state index in [1.54, 1.807) is 25.1 Å². The molecule has 6 nitrogen and oxygen atoms in total. The number of nitrogens with one attached hydrogen (secondary N) is 2. The smallest absolute Gasteiger partial charge is 0.338 e. The van der Waals surface area contributed by atoms with Crippen LogP contribution in [0, 0.1) is 0 Å². The second-order valence-corrected chi connectivity index (χ2v) is 6.23. The molecule has 1 atom stereocenters. The molecule has 2 amide bonds. The molecule has 7 heteroatoms. The number of halogens is 1. The molecule has 0 fully saturated rings. The number of urea groups is 1. The zero-order valence-corrected chi connectivity index (χ0v) is 15.7. The third-order valence-electron chi connectivity index (χ3n) is 4.13. The fraction of sp³-hybridized carbons (Fsp3) is 0.200. The predicted molar refractivity (Wildman–Crippen MR) is 102 cm³/mol. The van der Waals surface area contributed by atoms with Gasteiger partial charge in [0.25, 0.3) is 0 Å². The van der Waals surface area contributed by atoms with Gasteiger partial charge in [-0.05, 0) is 30.7 Å². The summed E-state index contributed by atoms with van der Waals surface area (Å²) in [5, 5.41) is 5.97. The Balaban J connectivity index is 2.23. The summed E-state index contributed by atoms with van der Waals surface area (Å²) in [6, 6.07) is 13.0. The number of ether oxygens (including phenoxy) is 2. The van der Waals surface area contributed by atoms with Crippen molar-refractivity contribution in [2.24, 2.45) is 0 Å². The van der Waals surface area contributed by atoms with Crippen LogP contribution < -0.4 is 15.4 Å². The van der Waals surface area contributed by atoms with E-state index < -0.39 is 18.0 Å². The summed E-state index contributed by atoms with van der Waals surface area (Å²) in [5.41, 5.74) is 1.94. The molecule has 0 bridgehead atoms. The highest BCUT2D eigenvalue weighted by Gasteiger charge is 2.35. The van der Waals surface area contributed by atoms with Crippen LogP contribution in [0.15, 0.2) is 54.1 Å². The van der Waals surface area contributed by atoms with Gasteiger partial charge in [-0.3, -0.25) is 0 Å². The van der Waals surface area contributed by atoms with E-state index in [0.29, 0.717) is 27.6 Å². The Morgan fingerprint density at radius 1 is 1.19 bits per heavy atom. The van der Waals surface area contributed by atoms with Crippen molar-refractivity contribution in [3.63, 3.8) is 0 Å². The number of rotatable bonds is 5. The maximum absolute atomic E-state index is 12.8. The second-order valence-electron chi connectivity index (χ2n) is 5.79. The molecule has 2 N–H and O–H groups in total. The van der Waals surface area contributed by atoms with Crippen molar-refractivity contribution in [3.05, 3.63) is 70.3 Å². The van der Waals surface area contributed by atoms with Crippen LogP contribution >= 0.6 is 11.6 Å². The van der Waals surface area contributed by atoms with Crippen molar-refractivity contribution in [1.29, 1.82) is 0 Å². The van der Waals surface area contributed by atoms with Crippen LogP contribution in [0.3, 0.4) is 0 Å². The summed E-state index contributed by atoms with van der Waals surface area (Å²) in [7, 11) is 1.52. The first-order chi connectivity index (χ1) is 13.0. The lowest BCUT2D eigenvalue weighted by Crippen LogP contribution is -2.45. The summed E-state index contributed by atoms with van der Waals surface area (Å²) in [4.78, 5) is 25.2. The van der Waals surface area contributed by atoms with Gasteiger partial charge in [0.05, 0.1) is 31.0 Å². The number of methoxy groups -OCH3 is 1. The molecule has 2 aromatic rings. The molecule has 1 heterocycles. The summed E-state index contributed by atoms with van der Waals surface area (Å²) >= 11 is 6.16. The quantitative estimate of drug-likeness (QED) is 0.768. The normalized spacial score (nSPS) is 16.4. The van der Waals surface area contributed by atoms with Gasteiger partial charge in [0.2, 0.25) is 0 Å². The second kappa shape index (κ2) is 8.14. The van der Waals surface area contributed by atoms with E-state index >= 15 is 0 Å². The molecule has 1 aliphatic rings. The standard InChI is InChI=1S/C20H19ClN2O4/c1-3-27-19(24)16-17(12-7-5-4-6-8-12)22-20(25)23-18(16)14-11-13(21)9-10-15(14)26-2/h4-11,18H,3H2,1-2H3,(H2,22,23,25). The largest absolute Gasteiger partial charge is 0.496 e. The van der Waals surface area contributed by atoms with Crippen molar-refractivity contribution in [1.82, 2.24) is 10.6 Å². The monoisotopic (exact) mass is 386 g/mol. The maximum atomic E-state index is 12.8. The summed E-state index contributed by atoms with van der Waals surface area (Å²) < 4.78 is 10.7. The van der Waals surface area contributed by atoms with Crippen molar-refractivity contribution < 1.29 is 19.1 Å². The maximum Gasteiger partial charge on any atom is 0.338 e. The lowest BCUT2D eigenvalue weighted by Gasteiger charge is -2.30. The fourth-order valence-electron chi connectivity index (χ4n) is 2.99. The number of amides is 2. The van der Waals surface area contributed by atoms with Gasteiger partial charge in [-0.25, -0.2) is 9.59 Å². The van der Waals surface area contributed by atoms with E-state index in [-0.39, 0.29) is 12.2 Å². The fourth-order valence-corrected chi connectivity index (χ4v) is 3.17. The Bertz CT molecular complexity index is 896. The first-order valence-electron chi connectivity index (χ1n) is 8.42. The Morgan fingerprint density at radius 2 is 1.93 bits per heavy atom. The minimum atomic E-state index is -0.776. The van der Waals surface area contributed by atoms with Crippen LogP contribution in [0.1, 0.15) is 24.1 Å². The van der Waals surface area contributed by atoms with Gasteiger partial charge in [0.1, 0.15) is 5.75 Å². The van der Waals surface area contributed by atoms with Crippen molar-refractivity contribution >= 4 is 29.3 Å². The van der Waals surface area contributed by atoms with Crippen molar-refractivity contribution in [2.45, 2.75) is 13.0 Å². The number of hydrogen-bond acceptors (Lipinski definition) is 4. The SMILES string of the molecule is CCOC(=O)C1=C(c2ccccc2)NC(=O)NC1c1cc(Cl)ccc1OC. The molecule has 0 saturated heterocycles. The zero-order chi connectivity index (χ0) is 19.4. The molecule has 0 radical (unpaired) electrons. The lowest BCUT2D eigenvalue weighted by atomic mass is 9.92. The molecule has 3 rings (SSSR count). The van der Waals surface area contributed by atoms with Gasteiger partial charge in [-0.15, -0.1) is 0 Å². The summed E-state index contributed by atoms with van der Waals surface area (Å²) in [6.07, 6.45) is 0. The first-order valence-corrected chi connectivity index (χ1v) is 8.80. The Kier molecular flexibility index (Phi) is 5.66. The van der Waals surface area contributed by atoms with E-state index in [0.717, 1.165) is 0 Å². The molecule has 140 valence electrons. The van der Waals surface area contributed by atoms with E-state index in [1.807, 2.05) is 30.3 Å². The molecule has 2 aromatic carbocycles. The average Bonchev–Trinajstić information content (AvgIpc) is 2.68. The van der Waals surface area contributed by atoms with E-state index in [9.17, 15) is 9.59 Å². The molecule has 0 saturated carbocycles. The Hall–Kier alpha value is -2.99. The molecule has 0 aliphatic carbocycles. The topological polar surface area (TPSA) is 76.7 Å². The minimum absolute atomic E-state index is 0.206. The van der Waals surface area contributed by atoms with Crippen LogP contribution in [0.4, 0.5) is 4.79 Å². The molecule has 0 spiro atoms. The van der Waals surface area contributed by atoms with Gasteiger partial charge in [0, 0.05) is 10.6 Å². The number of carbonyl (C=O) groups is 2.